The van der Waals surface area contributed by atoms with Crippen molar-refractivity contribution in [2.45, 2.75) is 18.9 Å². The lowest BCUT2D eigenvalue weighted by Gasteiger charge is -2.33. The summed E-state index contributed by atoms with van der Waals surface area (Å²) in [5.74, 6) is -3.44. The molecule has 0 spiro atoms. The minimum Gasteiger partial charge on any atom is -0.454 e. The molecule has 0 aliphatic carbocycles. The number of amides is 1. The molecule has 1 aliphatic heterocycles. The maximum Gasteiger partial charge on any atom is 0.282 e. The number of hydrogen-bond acceptors (Lipinski definition) is 5. The van der Waals surface area contributed by atoms with Crippen molar-refractivity contribution in [1.29, 1.82) is 0 Å². The summed E-state index contributed by atoms with van der Waals surface area (Å²) in [5, 5.41) is 2.41. The SMILES string of the molecule is C[C@@]1(c2cc(NC(=O)c3ncc(F)cc3F)ccc2F)CCN=C(N)O1. The first-order valence-electron chi connectivity index (χ1n) is 7.70. The standard InChI is InChI=1S/C17H15F3N4O2/c1-17(4-5-22-16(21)26-17)11-7-10(2-3-12(11)19)24-15(25)14-13(20)6-9(18)8-23-14/h2-3,6-8H,4-5H2,1H3,(H2,21,22)(H,24,25)/t17-/m0/s1. The second-order valence-corrected chi connectivity index (χ2v) is 5.94. The smallest absolute Gasteiger partial charge is 0.282 e. The van der Waals surface area contributed by atoms with Crippen LogP contribution in [0.4, 0.5) is 18.9 Å². The van der Waals surface area contributed by atoms with Crippen LogP contribution in [0.15, 0.2) is 35.5 Å². The van der Waals surface area contributed by atoms with E-state index in [-0.39, 0.29) is 17.3 Å². The Bertz CT molecular complexity index is 904. The number of amidine groups is 1. The van der Waals surface area contributed by atoms with Gasteiger partial charge in [-0.1, -0.05) is 0 Å². The molecule has 2 aromatic rings. The lowest BCUT2D eigenvalue weighted by Crippen LogP contribution is -2.38. The molecule has 2 heterocycles. The third-order valence-electron chi connectivity index (χ3n) is 4.00. The quantitative estimate of drug-likeness (QED) is 0.876. The average Bonchev–Trinajstić information content (AvgIpc) is 2.56. The van der Waals surface area contributed by atoms with Crippen molar-refractivity contribution >= 4 is 17.6 Å². The monoisotopic (exact) mass is 364 g/mol. The number of aliphatic imine (C=N–C) groups is 1. The summed E-state index contributed by atoms with van der Waals surface area (Å²) in [5.41, 5.74) is 4.31. The van der Waals surface area contributed by atoms with E-state index in [1.54, 1.807) is 6.92 Å². The Labute approximate surface area is 146 Å². The van der Waals surface area contributed by atoms with Gasteiger partial charge in [-0.2, -0.15) is 0 Å². The summed E-state index contributed by atoms with van der Waals surface area (Å²) >= 11 is 0. The van der Waals surface area contributed by atoms with Gasteiger partial charge in [-0.05, 0) is 25.1 Å². The van der Waals surface area contributed by atoms with Crippen LogP contribution in [-0.2, 0) is 10.3 Å². The molecule has 0 fully saturated rings. The number of nitrogens with two attached hydrogens (primary N) is 1. The Morgan fingerprint density at radius 1 is 1.27 bits per heavy atom. The minimum atomic E-state index is -1.10. The molecular weight excluding hydrogens is 349 g/mol. The molecule has 3 rings (SSSR count). The maximum absolute atomic E-state index is 14.3. The number of nitrogens with zero attached hydrogens (tertiary/aromatic N) is 2. The number of halogens is 3. The van der Waals surface area contributed by atoms with Crippen molar-refractivity contribution < 1.29 is 22.7 Å². The number of rotatable bonds is 3. The highest BCUT2D eigenvalue weighted by molar-refractivity contribution is 6.03. The average molecular weight is 364 g/mol. The van der Waals surface area contributed by atoms with Gasteiger partial charge >= 0.3 is 0 Å². The Balaban J connectivity index is 1.88. The zero-order valence-corrected chi connectivity index (χ0v) is 13.7. The van der Waals surface area contributed by atoms with Gasteiger partial charge in [0.05, 0.1) is 6.20 Å². The van der Waals surface area contributed by atoms with Crippen LogP contribution in [0.2, 0.25) is 0 Å². The number of aromatic nitrogens is 1. The van der Waals surface area contributed by atoms with Crippen LogP contribution in [0.3, 0.4) is 0 Å². The zero-order valence-electron chi connectivity index (χ0n) is 13.7. The molecule has 26 heavy (non-hydrogen) atoms. The summed E-state index contributed by atoms with van der Waals surface area (Å²) < 4.78 is 46.4. The molecule has 0 bridgehead atoms. The lowest BCUT2D eigenvalue weighted by molar-refractivity contribution is 0.0482. The molecule has 0 radical (unpaired) electrons. The van der Waals surface area contributed by atoms with Gasteiger partial charge < -0.3 is 15.8 Å². The van der Waals surface area contributed by atoms with E-state index in [1.165, 1.54) is 12.1 Å². The molecule has 136 valence electrons. The molecule has 1 aliphatic rings. The predicted octanol–water partition coefficient (Wildman–Crippen LogP) is 2.70. The molecule has 6 nitrogen and oxygen atoms in total. The third-order valence-corrected chi connectivity index (χ3v) is 4.00. The topological polar surface area (TPSA) is 89.6 Å². The van der Waals surface area contributed by atoms with Gasteiger partial charge in [-0.15, -0.1) is 0 Å². The number of anilines is 1. The number of nitrogens with one attached hydrogen (secondary N) is 1. The van der Waals surface area contributed by atoms with E-state index in [4.69, 9.17) is 10.5 Å². The summed E-state index contributed by atoms with van der Waals surface area (Å²) in [6, 6.07) is 4.33. The normalized spacial score (nSPS) is 19.5. The van der Waals surface area contributed by atoms with E-state index in [1.807, 2.05) is 0 Å². The third kappa shape index (κ3) is 3.46. The van der Waals surface area contributed by atoms with E-state index in [9.17, 15) is 18.0 Å². The van der Waals surface area contributed by atoms with Crippen molar-refractivity contribution in [2.24, 2.45) is 10.7 Å². The maximum atomic E-state index is 14.3. The minimum absolute atomic E-state index is 0.0508. The lowest BCUT2D eigenvalue weighted by atomic mass is 9.90. The highest BCUT2D eigenvalue weighted by Gasteiger charge is 2.35. The van der Waals surface area contributed by atoms with Gasteiger partial charge in [0.15, 0.2) is 11.5 Å². The summed E-state index contributed by atoms with van der Waals surface area (Å²) in [6.45, 7) is 2.02. The molecule has 0 unspecified atom stereocenters. The first-order valence-corrected chi connectivity index (χ1v) is 7.70. The Hall–Kier alpha value is -3.10. The zero-order chi connectivity index (χ0) is 18.9. The highest BCUT2D eigenvalue weighted by Crippen LogP contribution is 2.34. The molecular formula is C17H15F3N4O2. The molecule has 1 atom stereocenters. The Morgan fingerprint density at radius 2 is 2.04 bits per heavy atom. The van der Waals surface area contributed by atoms with Crippen LogP contribution < -0.4 is 11.1 Å². The van der Waals surface area contributed by atoms with Crippen molar-refractivity contribution in [1.82, 2.24) is 4.98 Å². The van der Waals surface area contributed by atoms with E-state index >= 15 is 0 Å². The molecule has 0 saturated heterocycles. The van der Waals surface area contributed by atoms with Crippen molar-refractivity contribution in [3.8, 4) is 0 Å². The number of ether oxygens (including phenoxy) is 1. The molecule has 1 aromatic carbocycles. The van der Waals surface area contributed by atoms with Gasteiger partial charge in [0.1, 0.15) is 17.2 Å². The van der Waals surface area contributed by atoms with E-state index in [0.29, 0.717) is 19.0 Å². The van der Waals surface area contributed by atoms with Crippen LogP contribution in [0.5, 0.6) is 0 Å². The number of pyridine rings is 1. The molecule has 1 aromatic heterocycles. The second kappa shape index (κ2) is 6.66. The summed E-state index contributed by atoms with van der Waals surface area (Å²) in [6.07, 6.45) is 1.11. The molecule has 0 saturated carbocycles. The Kier molecular flexibility index (Phi) is 4.54. The highest BCUT2D eigenvalue weighted by atomic mass is 19.1. The number of hydrogen-bond donors (Lipinski definition) is 2. The van der Waals surface area contributed by atoms with Crippen LogP contribution in [0.25, 0.3) is 0 Å². The van der Waals surface area contributed by atoms with Crippen molar-refractivity contribution in [3.63, 3.8) is 0 Å². The van der Waals surface area contributed by atoms with Crippen molar-refractivity contribution in [2.75, 3.05) is 11.9 Å². The van der Waals surface area contributed by atoms with Gasteiger partial charge in [-0.3, -0.25) is 4.79 Å². The van der Waals surface area contributed by atoms with E-state index in [2.05, 4.69) is 15.3 Å². The first kappa shape index (κ1) is 17.7. The predicted molar refractivity (Wildman–Crippen MR) is 88.0 cm³/mol. The van der Waals surface area contributed by atoms with Crippen LogP contribution >= 0.6 is 0 Å². The van der Waals surface area contributed by atoms with Gasteiger partial charge in [0, 0.05) is 30.3 Å². The number of benzene rings is 1. The fraction of sp³-hybridized carbons (Fsp3) is 0.235. The van der Waals surface area contributed by atoms with Crippen molar-refractivity contribution in [3.05, 3.63) is 59.2 Å². The largest absolute Gasteiger partial charge is 0.454 e. The Morgan fingerprint density at radius 3 is 2.73 bits per heavy atom. The summed E-state index contributed by atoms with van der Waals surface area (Å²) in [4.78, 5) is 19.5. The molecule has 9 heteroatoms. The molecule has 1 amide bonds. The fourth-order valence-corrected chi connectivity index (χ4v) is 2.66. The van der Waals surface area contributed by atoms with Crippen LogP contribution in [0, 0.1) is 17.5 Å². The van der Waals surface area contributed by atoms with E-state index in [0.717, 1.165) is 12.3 Å². The van der Waals surface area contributed by atoms with Gasteiger partial charge in [0.2, 0.25) is 0 Å². The van der Waals surface area contributed by atoms with E-state index < -0.39 is 34.7 Å². The van der Waals surface area contributed by atoms with Gasteiger partial charge in [-0.25, -0.2) is 23.1 Å². The number of carbonyl (C=O) groups is 1. The number of carbonyl (C=O) groups excluding carboxylic acids is 1. The van der Waals surface area contributed by atoms with Gasteiger partial charge in [0.25, 0.3) is 11.9 Å². The molecule has 3 N–H and O–H groups in total. The first-order chi connectivity index (χ1) is 12.3. The fourth-order valence-electron chi connectivity index (χ4n) is 2.66. The van der Waals surface area contributed by atoms with Crippen LogP contribution in [-0.4, -0.2) is 23.5 Å². The summed E-state index contributed by atoms with van der Waals surface area (Å²) in [7, 11) is 0. The van der Waals surface area contributed by atoms with Crippen LogP contribution in [0.1, 0.15) is 29.4 Å². The second-order valence-electron chi connectivity index (χ2n) is 5.94.